The van der Waals surface area contributed by atoms with Crippen LogP contribution in [0.4, 0.5) is 0 Å². The van der Waals surface area contributed by atoms with E-state index in [2.05, 4.69) is 10.2 Å². The first-order valence-corrected chi connectivity index (χ1v) is 12.1. The van der Waals surface area contributed by atoms with E-state index < -0.39 is 17.9 Å². The molecule has 1 atom stereocenters. The molecule has 0 unspecified atom stereocenters. The first kappa shape index (κ1) is 23.7. The number of benzene rings is 2. The second-order valence-corrected chi connectivity index (χ2v) is 9.24. The summed E-state index contributed by atoms with van der Waals surface area (Å²) in [7, 11) is 0. The summed E-state index contributed by atoms with van der Waals surface area (Å²) in [6.07, 6.45) is 0.223. The summed E-state index contributed by atoms with van der Waals surface area (Å²) in [5.41, 5.74) is 2.34. The second kappa shape index (κ2) is 11.1. The molecule has 8 heteroatoms. The standard InChI is InChI=1S/C26H27N3O4S/c30-24(27-22(26(32)33)17-19-5-2-1-3-6-19)21-10-8-20(9-11-21)18-28-12-14-29(15-13-28)25(31)23-7-4-16-34-23/h1-11,16,22H,12-15,17-18H2,(H,27,30)(H,32,33)/t22-/m0/s1. The molecular formula is C26H27N3O4S. The number of nitrogens with zero attached hydrogens (tertiary/aromatic N) is 2. The zero-order chi connectivity index (χ0) is 23.9. The molecule has 7 nitrogen and oxygen atoms in total. The Morgan fingerprint density at radius 1 is 0.882 bits per heavy atom. The molecule has 1 aliphatic rings. The Balaban J connectivity index is 1.28. The predicted octanol–water partition coefficient (Wildman–Crippen LogP) is 3.13. The van der Waals surface area contributed by atoms with Crippen LogP contribution < -0.4 is 5.32 Å². The highest BCUT2D eigenvalue weighted by molar-refractivity contribution is 7.12. The fourth-order valence-electron chi connectivity index (χ4n) is 3.98. The molecule has 1 aliphatic heterocycles. The number of aliphatic carboxylic acids is 1. The Labute approximate surface area is 202 Å². The van der Waals surface area contributed by atoms with Crippen LogP contribution in [0.2, 0.25) is 0 Å². The Hall–Kier alpha value is -3.49. The van der Waals surface area contributed by atoms with Crippen molar-refractivity contribution >= 4 is 29.1 Å². The van der Waals surface area contributed by atoms with Crippen molar-refractivity contribution < 1.29 is 19.5 Å². The summed E-state index contributed by atoms with van der Waals surface area (Å²) >= 11 is 1.47. The quantitative estimate of drug-likeness (QED) is 0.520. The molecule has 1 fully saturated rings. The van der Waals surface area contributed by atoms with Gasteiger partial charge in [0.25, 0.3) is 11.8 Å². The average Bonchev–Trinajstić information content (AvgIpc) is 3.40. The summed E-state index contributed by atoms with van der Waals surface area (Å²) in [5.74, 6) is -1.38. The number of amides is 2. The molecule has 176 valence electrons. The van der Waals surface area contributed by atoms with Gasteiger partial charge in [-0.05, 0) is 34.7 Å². The maximum Gasteiger partial charge on any atom is 0.326 e. The van der Waals surface area contributed by atoms with Crippen LogP contribution in [-0.2, 0) is 17.8 Å². The van der Waals surface area contributed by atoms with E-state index in [-0.39, 0.29) is 12.3 Å². The van der Waals surface area contributed by atoms with Crippen LogP contribution in [0.5, 0.6) is 0 Å². The van der Waals surface area contributed by atoms with E-state index in [1.807, 2.05) is 64.9 Å². The summed E-state index contributed by atoms with van der Waals surface area (Å²) < 4.78 is 0. The lowest BCUT2D eigenvalue weighted by atomic mass is 10.0. The molecule has 0 aliphatic carbocycles. The van der Waals surface area contributed by atoms with Crippen LogP contribution in [0.1, 0.15) is 31.2 Å². The van der Waals surface area contributed by atoms with Gasteiger partial charge in [0, 0.05) is 44.7 Å². The molecule has 0 saturated carbocycles. The molecule has 34 heavy (non-hydrogen) atoms. The Kier molecular flexibility index (Phi) is 7.72. The van der Waals surface area contributed by atoms with Crippen LogP contribution in [-0.4, -0.2) is 64.9 Å². The fourth-order valence-corrected chi connectivity index (χ4v) is 4.67. The summed E-state index contributed by atoms with van der Waals surface area (Å²) in [4.78, 5) is 41.7. The molecule has 0 bridgehead atoms. The van der Waals surface area contributed by atoms with Crippen LogP contribution >= 0.6 is 11.3 Å². The molecule has 3 aromatic rings. The number of hydrogen-bond acceptors (Lipinski definition) is 5. The maximum atomic E-state index is 12.6. The highest BCUT2D eigenvalue weighted by Crippen LogP contribution is 2.15. The highest BCUT2D eigenvalue weighted by Gasteiger charge is 2.23. The third-order valence-electron chi connectivity index (χ3n) is 5.90. The van der Waals surface area contributed by atoms with Crippen molar-refractivity contribution in [2.75, 3.05) is 26.2 Å². The van der Waals surface area contributed by atoms with Crippen molar-refractivity contribution in [1.82, 2.24) is 15.1 Å². The zero-order valence-electron chi connectivity index (χ0n) is 18.7. The number of carbonyl (C=O) groups is 3. The van der Waals surface area contributed by atoms with E-state index in [4.69, 9.17) is 0 Å². The van der Waals surface area contributed by atoms with E-state index in [0.29, 0.717) is 18.7 Å². The lowest BCUT2D eigenvalue weighted by Crippen LogP contribution is -2.48. The van der Waals surface area contributed by atoms with Gasteiger partial charge >= 0.3 is 5.97 Å². The average molecular weight is 478 g/mol. The number of carboxylic acid groups (broad SMARTS) is 1. The smallest absolute Gasteiger partial charge is 0.326 e. The van der Waals surface area contributed by atoms with Gasteiger partial charge in [-0.2, -0.15) is 0 Å². The van der Waals surface area contributed by atoms with E-state index in [0.717, 1.165) is 35.6 Å². The minimum absolute atomic E-state index is 0.0944. The van der Waals surface area contributed by atoms with Crippen LogP contribution in [0, 0.1) is 0 Å². The molecule has 4 rings (SSSR count). The summed E-state index contributed by atoms with van der Waals surface area (Å²) in [6, 6.07) is 19.2. The van der Waals surface area contributed by atoms with Crippen LogP contribution in [0.25, 0.3) is 0 Å². The molecule has 1 saturated heterocycles. The molecular weight excluding hydrogens is 450 g/mol. The van der Waals surface area contributed by atoms with Crippen molar-refractivity contribution in [1.29, 1.82) is 0 Å². The van der Waals surface area contributed by atoms with Crippen molar-refractivity contribution in [2.24, 2.45) is 0 Å². The highest BCUT2D eigenvalue weighted by atomic mass is 32.1. The first-order valence-electron chi connectivity index (χ1n) is 11.2. The van der Waals surface area contributed by atoms with E-state index in [1.54, 1.807) is 12.1 Å². The van der Waals surface area contributed by atoms with Gasteiger partial charge in [0.05, 0.1) is 4.88 Å². The summed E-state index contributed by atoms with van der Waals surface area (Å²) in [6.45, 7) is 3.69. The molecule has 0 spiro atoms. The number of rotatable bonds is 8. The molecule has 0 radical (unpaired) electrons. The summed E-state index contributed by atoms with van der Waals surface area (Å²) in [5, 5.41) is 14.1. The molecule has 2 amide bonds. The molecule has 2 N–H and O–H groups in total. The van der Waals surface area contributed by atoms with Crippen molar-refractivity contribution in [2.45, 2.75) is 19.0 Å². The van der Waals surface area contributed by atoms with E-state index in [9.17, 15) is 19.5 Å². The molecule has 1 aromatic heterocycles. The van der Waals surface area contributed by atoms with Crippen molar-refractivity contribution in [3.63, 3.8) is 0 Å². The Bertz CT molecular complexity index is 1110. The predicted molar refractivity (Wildman–Crippen MR) is 131 cm³/mol. The minimum Gasteiger partial charge on any atom is -0.480 e. The minimum atomic E-state index is -1.06. The van der Waals surface area contributed by atoms with E-state index >= 15 is 0 Å². The van der Waals surface area contributed by atoms with Gasteiger partial charge in [-0.1, -0.05) is 48.5 Å². The van der Waals surface area contributed by atoms with Crippen LogP contribution in [0.3, 0.4) is 0 Å². The van der Waals surface area contributed by atoms with Gasteiger partial charge < -0.3 is 15.3 Å². The third-order valence-corrected chi connectivity index (χ3v) is 6.76. The maximum absolute atomic E-state index is 12.6. The Morgan fingerprint density at radius 2 is 1.59 bits per heavy atom. The topological polar surface area (TPSA) is 89.9 Å². The van der Waals surface area contributed by atoms with Gasteiger partial charge in [-0.3, -0.25) is 14.5 Å². The number of carboxylic acids is 1. The third kappa shape index (κ3) is 6.09. The van der Waals surface area contributed by atoms with Gasteiger partial charge in [0.1, 0.15) is 6.04 Å². The van der Waals surface area contributed by atoms with Gasteiger partial charge in [-0.15, -0.1) is 11.3 Å². The molecule has 2 heterocycles. The number of carbonyl (C=O) groups excluding carboxylic acids is 2. The lowest BCUT2D eigenvalue weighted by Gasteiger charge is -2.34. The number of thiophene rings is 1. The normalized spacial score (nSPS) is 15.0. The van der Waals surface area contributed by atoms with Crippen molar-refractivity contribution in [3.05, 3.63) is 93.7 Å². The zero-order valence-corrected chi connectivity index (χ0v) is 19.5. The largest absolute Gasteiger partial charge is 0.480 e. The van der Waals surface area contributed by atoms with Crippen LogP contribution in [0.15, 0.2) is 72.1 Å². The SMILES string of the molecule is O=C(N[C@@H](Cc1ccccc1)C(=O)O)c1ccc(CN2CCN(C(=O)c3cccs3)CC2)cc1. The lowest BCUT2D eigenvalue weighted by molar-refractivity contribution is -0.139. The van der Waals surface area contributed by atoms with Crippen molar-refractivity contribution in [3.8, 4) is 0 Å². The Morgan fingerprint density at radius 3 is 2.21 bits per heavy atom. The number of piperazine rings is 1. The number of nitrogens with one attached hydrogen (secondary N) is 1. The number of hydrogen-bond donors (Lipinski definition) is 2. The van der Waals surface area contributed by atoms with Gasteiger partial charge in [0.15, 0.2) is 0 Å². The fraction of sp³-hybridized carbons (Fsp3) is 0.269. The van der Waals surface area contributed by atoms with E-state index in [1.165, 1.54) is 11.3 Å². The van der Waals surface area contributed by atoms with Gasteiger partial charge in [-0.25, -0.2) is 4.79 Å². The second-order valence-electron chi connectivity index (χ2n) is 8.30. The monoisotopic (exact) mass is 477 g/mol. The molecule has 2 aromatic carbocycles. The first-order chi connectivity index (χ1) is 16.5. The van der Waals surface area contributed by atoms with Gasteiger partial charge in [0.2, 0.25) is 0 Å².